The second-order valence-corrected chi connectivity index (χ2v) is 7.24. The fraction of sp³-hybridized carbons (Fsp3) is 0.333. The lowest BCUT2D eigenvalue weighted by Gasteiger charge is -2.41. The number of benzene rings is 1. The van der Waals surface area contributed by atoms with E-state index in [0.717, 1.165) is 25.3 Å². The summed E-state index contributed by atoms with van der Waals surface area (Å²) in [6, 6.07) is 9.40. The van der Waals surface area contributed by atoms with Gasteiger partial charge in [0.25, 0.3) is 0 Å². The lowest BCUT2D eigenvalue weighted by molar-refractivity contribution is 0.0959. The molecule has 0 aliphatic carbocycles. The van der Waals surface area contributed by atoms with Crippen LogP contribution in [0.1, 0.15) is 23.7 Å². The van der Waals surface area contributed by atoms with Gasteiger partial charge in [-0.15, -0.1) is 0 Å². The molecule has 0 saturated carbocycles. The van der Waals surface area contributed by atoms with Crippen molar-refractivity contribution in [3.05, 3.63) is 54.5 Å². The number of anilines is 1. The van der Waals surface area contributed by atoms with Crippen LogP contribution < -0.4 is 4.90 Å². The number of phenolic OH excluding ortho intramolecular Hbond substituents is 1. The Morgan fingerprint density at radius 2 is 2.00 bits per heavy atom. The summed E-state index contributed by atoms with van der Waals surface area (Å²) in [5, 5.41) is 17.0. The molecular weight excluding hydrogens is 368 g/mol. The monoisotopic (exact) mass is 392 g/mol. The number of piperazine rings is 1. The molecule has 1 aliphatic rings. The third-order valence-electron chi connectivity index (χ3n) is 5.29. The normalized spacial score (nSPS) is 17.4. The molecule has 1 atom stereocenters. The third kappa shape index (κ3) is 4.12. The Hall–Kier alpha value is -3.26. The van der Waals surface area contributed by atoms with Crippen molar-refractivity contribution < 1.29 is 9.90 Å². The predicted octanol–water partition coefficient (Wildman–Crippen LogP) is 2.36. The molecule has 2 N–H and O–H groups in total. The number of nitrogens with one attached hydrogen (secondary N) is 1. The Balaban J connectivity index is 1.36. The molecule has 1 aromatic carbocycles. The van der Waals surface area contributed by atoms with Gasteiger partial charge in [0, 0.05) is 51.0 Å². The quantitative estimate of drug-likeness (QED) is 0.621. The molecule has 8 nitrogen and oxygen atoms in total. The van der Waals surface area contributed by atoms with Gasteiger partial charge in [-0.05, 0) is 25.1 Å². The number of nitrogens with zero attached hydrogens (tertiary/aromatic N) is 5. The van der Waals surface area contributed by atoms with Crippen LogP contribution in [0, 0.1) is 0 Å². The smallest absolute Gasteiger partial charge is 0.178 e. The van der Waals surface area contributed by atoms with Crippen LogP contribution >= 0.6 is 0 Å². The predicted molar refractivity (Wildman–Crippen MR) is 110 cm³/mol. The molecule has 1 unspecified atom stereocenters. The lowest BCUT2D eigenvalue weighted by atomic mass is 10.1. The first-order valence-corrected chi connectivity index (χ1v) is 9.74. The summed E-state index contributed by atoms with van der Waals surface area (Å²) in [5.74, 6) is 0.800. The molecule has 8 heteroatoms. The van der Waals surface area contributed by atoms with Crippen molar-refractivity contribution in [1.29, 1.82) is 0 Å². The minimum absolute atomic E-state index is 0.0250. The highest BCUT2D eigenvalue weighted by atomic mass is 16.3. The van der Waals surface area contributed by atoms with Crippen molar-refractivity contribution in [2.75, 3.05) is 31.1 Å². The summed E-state index contributed by atoms with van der Waals surface area (Å²) in [6.45, 7) is 5.30. The largest absolute Gasteiger partial charge is 0.506 e. The number of Topliss-reactive ketones (excluding diaryl/α,β-unsaturated/α-hetero) is 1. The summed E-state index contributed by atoms with van der Waals surface area (Å²) in [5.41, 5.74) is 1.95. The van der Waals surface area contributed by atoms with Crippen LogP contribution in [0.25, 0.3) is 11.5 Å². The summed E-state index contributed by atoms with van der Waals surface area (Å²) in [6.07, 6.45) is 5.24. The van der Waals surface area contributed by atoms with E-state index < -0.39 is 0 Å². The number of carbonyl (C=O) groups is 1. The van der Waals surface area contributed by atoms with Gasteiger partial charge in [0.05, 0.1) is 17.4 Å². The van der Waals surface area contributed by atoms with Gasteiger partial charge >= 0.3 is 0 Å². The maximum Gasteiger partial charge on any atom is 0.178 e. The molecule has 1 saturated heterocycles. The molecule has 0 amide bonds. The number of rotatable bonds is 6. The van der Waals surface area contributed by atoms with Crippen LogP contribution in [-0.4, -0.2) is 68.2 Å². The van der Waals surface area contributed by atoms with Crippen molar-refractivity contribution in [3.8, 4) is 17.3 Å². The zero-order valence-electron chi connectivity index (χ0n) is 16.3. The molecule has 2 aromatic heterocycles. The van der Waals surface area contributed by atoms with Crippen molar-refractivity contribution in [1.82, 2.24) is 25.1 Å². The molecule has 0 radical (unpaired) electrons. The van der Waals surface area contributed by atoms with Crippen LogP contribution in [0.3, 0.4) is 0 Å². The van der Waals surface area contributed by atoms with Gasteiger partial charge in [-0.2, -0.15) is 5.10 Å². The first-order chi connectivity index (χ1) is 14.1. The van der Waals surface area contributed by atoms with E-state index in [9.17, 15) is 9.90 Å². The number of hydrogen-bond acceptors (Lipinski definition) is 7. The Bertz CT molecular complexity index is 974. The number of aromatic amines is 1. The van der Waals surface area contributed by atoms with Gasteiger partial charge < -0.3 is 10.0 Å². The molecule has 4 rings (SSSR count). The van der Waals surface area contributed by atoms with E-state index in [1.54, 1.807) is 30.7 Å². The zero-order valence-corrected chi connectivity index (χ0v) is 16.3. The maximum absolute atomic E-state index is 12.8. The fourth-order valence-electron chi connectivity index (χ4n) is 3.79. The first-order valence-electron chi connectivity index (χ1n) is 9.74. The highest BCUT2D eigenvalue weighted by molar-refractivity contribution is 6.00. The number of para-hydroxylation sites is 2. The van der Waals surface area contributed by atoms with Gasteiger partial charge in [-0.25, -0.2) is 9.97 Å². The summed E-state index contributed by atoms with van der Waals surface area (Å²) >= 11 is 0. The van der Waals surface area contributed by atoms with Crippen LogP contribution in [0.2, 0.25) is 0 Å². The van der Waals surface area contributed by atoms with E-state index in [2.05, 4.69) is 36.9 Å². The lowest BCUT2D eigenvalue weighted by Crippen LogP contribution is -2.52. The number of carbonyl (C=O) groups excluding carboxylic acids is 1. The Morgan fingerprint density at radius 3 is 2.76 bits per heavy atom. The van der Waals surface area contributed by atoms with Gasteiger partial charge in [-0.3, -0.25) is 14.8 Å². The molecule has 3 aromatic rings. The molecule has 0 bridgehead atoms. The van der Waals surface area contributed by atoms with Gasteiger partial charge in [-0.1, -0.05) is 12.1 Å². The van der Waals surface area contributed by atoms with Crippen LogP contribution in [-0.2, 0) is 0 Å². The molecule has 0 spiro atoms. The van der Waals surface area contributed by atoms with Crippen molar-refractivity contribution in [3.63, 3.8) is 0 Å². The maximum atomic E-state index is 12.8. The van der Waals surface area contributed by atoms with Gasteiger partial charge in [0.1, 0.15) is 11.4 Å². The van der Waals surface area contributed by atoms with Crippen LogP contribution in [0.4, 0.5) is 5.69 Å². The van der Waals surface area contributed by atoms with Crippen molar-refractivity contribution >= 4 is 11.5 Å². The average Bonchev–Trinajstić information content (AvgIpc) is 3.23. The highest BCUT2D eigenvalue weighted by Gasteiger charge is 2.26. The molecule has 3 heterocycles. The standard InChI is InChI=1S/C21H24N6O2/c1-15-14-26(11-12-27(15)17-5-2-3-6-19(17)29)10-7-18(28)16-13-24-25-20(16)21-22-8-4-9-23-21/h2-6,8-9,13,15,29H,7,10-12,14H2,1H3,(H,24,25). The molecular formula is C21H24N6O2. The van der Waals surface area contributed by atoms with E-state index in [1.807, 2.05) is 18.2 Å². The van der Waals surface area contributed by atoms with Crippen LogP contribution in [0.5, 0.6) is 5.75 Å². The summed E-state index contributed by atoms with van der Waals surface area (Å²) in [7, 11) is 0. The molecule has 1 aliphatic heterocycles. The van der Waals surface area contributed by atoms with E-state index >= 15 is 0 Å². The summed E-state index contributed by atoms with van der Waals surface area (Å²) in [4.78, 5) is 25.7. The van der Waals surface area contributed by atoms with Gasteiger partial charge in [0.2, 0.25) is 0 Å². The molecule has 29 heavy (non-hydrogen) atoms. The van der Waals surface area contributed by atoms with Crippen LogP contribution in [0.15, 0.2) is 48.9 Å². The van der Waals surface area contributed by atoms with E-state index in [0.29, 0.717) is 35.8 Å². The zero-order chi connectivity index (χ0) is 20.2. The molecule has 1 fully saturated rings. The van der Waals surface area contributed by atoms with Gasteiger partial charge in [0.15, 0.2) is 11.6 Å². The fourth-order valence-corrected chi connectivity index (χ4v) is 3.79. The molecule has 150 valence electrons. The van der Waals surface area contributed by atoms with Crippen molar-refractivity contribution in [2.24, 2.45) is 0 Å². The Labute approximate surface area is 169 Å². The SMILES string of the molecule is CC1CN(CCC(=O)c2cn[nH]c2-c2ncccn2)CCN1c1ccccc1O. The topological polar surface area (TPSA) is 98.2 Å². The Morgan fingerprint density at radius 1 is 1.21 bits per heavy atom. The van der Waals surface area contributed by atoms with E-state index in [4.69, 9.17) is 0 Å². The number of hydrogen-bond donors (Lipinski definition) is 2. The number of H-pyrrole nitrogens is 1. The number of aromatic nitrogens is 4. The minimum Gasteiger partial charge on any atom is -0.506 e. The number of aromatic hydroxyl groups is 1. The second-order valence-electron chi connectivity index (χ2n) is 7.24. The van der Waals surface area contributed by atoms with E-state index in [-0.39, 0.29) is 11.8 Å². The number of ketones is 1. The highest BCUT2D eigenvalue weighted by Crippen LogP contribution is 2.29. The van der Waals surface area contributed by atoms with Crippen molar-refractivity contribution in [2.45, 2.75) is 19.4 Å². The number of phenols is 1. The average molecular weight is 392 g/mol. The van der Waals surface area contributed by atoms with E-state index in [1.165, 1.54) is 0 Å². The Kier molecular flexibility index (Phi) is 5.53. The minimum atomic E-state index is 0.0250. The third-order valence-corrected chi connectivity index (χ3v) is 5.29. The first kappa shape index (κ1) is 19.1. The second kappa shape index (κ2) is 8.40. The summed E-state index contributed by atoms with van der Waals surface area (Å²) < 4.78 is 0.